The highest BCUT2D eigenvalue weighted by Gasteiger charge is 2.29. The Balaban J connectivity index is 3.94. The van der Waals surface area contributed by atoms with E-state index in [1.807, 2.05) is 0 Å². The van der Waals surface area contributed by atoms with Gasteiger partial charge in [-0.1, -0.05) is 0 Å². The van der Waals surface area contributed by atoms with Gasteiger partial charge in [-0.15, -0.1) is 0 Å². The van der Waals surface area contributed by atoms with Gasteiger partial charge in [0.2, 0.25) is 0 Å². The van der Waals surface area contributed by atoms with Gasteiger partial charge in [0.25, 0.3) is 0 Å². The van der Waals surface area contributed by atoms with Crippen LogP contribution in [0.25, 0.3) is 0 Å². The third kappa shape index (κ3) is 2.71. The Morgan fingerprint density at radius 1 is 0.611 bits per heavy atom. The minimum Gasteiger partial charge on any atom is -0.478 e. The average molecular weight is 588 g/mol. The van der Waals surface area contributed by atoms with Gasteiger partial charge < -0.3 is 15.3 Å². The molecule has 96 valence electrons. The summed E-state index contributed by atoms with van der Waals surface area (Å²) in [6, 6.07) is 0. The van der Waals surface area contributed by atoms with Crippen LogP contribution in [-0.4, -0.2) is 33.2 Å². The lowest BCUT2D eigenvalue weighted by Gasteiger charge is -2.12. The molecule has 0 radical (unpaired) electrons. The molecule has 0 aliphatic carbocycles. The van der Waals surface area contributed by atoms with Crippen molar-refractivity contribution < 1.29 is 29.7 Å². The van der Waals surface area contributed by atoms with Crippen LogP contribution < -0.4 is 0 Å². The first-order chi connectivity index (χ1) is 8.20. The number of rotatable bonds is 3. The maximum Gasteiger partial charge on any atom is 0.337 e. The van der Waals surface area contributed by atoms with Gasteiger partial charge in [0, 0.05) is 10.7 Å². The Kier molecular flexibility index (Phi) is 5.16. The monoisotopic (exact) mass is 588 g/mol. The first-order valence-corrected chi connectivity index (χ1v) is 7.34. The SMILES string of the molecule is O=C(O)c1c(I)c(C(=O)O)c(I)c(C(=O)O)c1I. The third-order valence-electron chi connectivity index (χ3n) is 1.96. The second-order valence-corrected chi connectivity index (χ2v) is 6.22. The van der Waals surface area contributed by atoms with E-state index < -0.39 is 17.9 Å². The van der Waals surface area contributed by atoms with Gasteiger partial charge in [0.1, 0.15) is 0 Å². The number of hydrogen-bond acceptors (Lipinski definition) is 3. The molecule has 0 bridgehead atoms. The molecule has 0 fully saturated rings. The van der Waals surface area contributed by atoms with E-state index in [4.69, 9.17) is 15.3 Å². The Morgan fingerprint density at radius 2 is 0.778 bits per heavy atom. The van der Waals surface area contributed by atoms with Crippen molar-refractivity contribution in [3.63, 3.8) is 0 Å². The fourth-order valence-electron chi connectivity index (χ4n) is 1.23. The second-order valence-electron chi connectivity index (χ2n) is 2.98. The van der Waals surface area contributed by atoms with Gasteiger partial charge in [0.15, 0.2) is 0 Å². The molecule has 0 saturated carbocycles. The van der Waals surface area contributed by atoms with Gasteiger partial charge in [-0.25, -0.2) is 14.4 Å². The van der Waals surface area contributed by atoms with Crippen LogP contribution in [0.4, 0.5) is 0 Å². The number of carboxylic acid groups (broad SMARTS) is 3. The lowest BCUT2D eigenvalue weighted by molar-refractivity contribution is 0.0693. The Bertz CT molecular complexity index is 478. The smallest absolute Gasteiger partial charge is 0.337 e. The molecule has 18 heavy (non-hydrogen) atoms. The van der Waals surface area contributed by atoms with Crippen molar-refractivity contribution >= 4 is 85.7 Å². The van der Waals surface area contributed by atoms with Crippen LogP contribution in [0.5, 0.6) is 0 Å². The number of carbonyl (C=O) groups is 3. The molecule has 3 N–H and O–H groups in total. The quantitative estimate of drug-likeness (QED) is 0.469. The van der Waals surface area contributed by atoms with Crippen LogP contribution in [0.2, 0.25) is 0 Å². The molecule has 1 rings (SSSR count). The average Bonchev–Trinajstić information content (AvgIpc) is 2.14. The van der Waals surface area contributed by atoms with Crippen molar-refractivity contribution in [1.29, 1.82) is 0 Å². The van der Waals surface area contributed by atoms with Crippen LogP contribution in [0.3, 0.4) is 0 Å². The lowest BCUT2D eigenvalue weighted by Crippen LogP contribution is -2.17. The minimum absolute atomic E-state index is 0.0198. The fourth-order valence-corrected chi connectivity index (χ4v) is 5.78. The Morgan fingerprint density at radius 3 is 0.889 bits per heavy atom. The van der Waals surface area contributed by atoms with Crippen molar-refractivity contribution in [3.8, 4) is 0 Å². The van der Waals surface area contributed by atoms with Crippen LogP contribution in [0, 0.1) is 10.7 Å². The molecule has 0 saturated heterocycles. The lowest BCUT2D eigenvalue weighted by atomic mass is 10.1. The molecule has 9 heteroatoms. The van der Waals surface area contributed by atoms with Gasteiger partial charge in [0.05, 0.1) is 16.7 Å². The molecule has 0 aromatic heterocycles. The van der Waals surface area contributed by atoms with Crippen LogP contribution in [0.15, 0.2) is 0 Å². The highest BCUT2D eigenvalue weighted by Crippen LogP contribution is 2.32. The van der Waals surface area contributed by atoms with E-state index in [1.165, 1.54) is 0 Å². The summed E-state index contributed by atoms with van der Waals surface area (Å²) < 4.78 is 0.0594. The molecule has 0 atom stereocenters. The largest absolute Gasteiger partial charge is 0.478 e. The number of hydrogen-bond donors (Lipinski definition) is 3. The summed E-state index contributed by atoms with van der Waals surface area (Å²) in [4.78, 5) is 33.3. The summed E-state index contributed by atoms with van der Waals surface area (Å²) in [5.74, 6) is -4.07. The van der Waals surface area contributed by atoms with Gasteiger partial charge in [-0.2, -0.15) is 0 Å². The van der Waals surface area contributed by atoms with E-state index in [-0.39, 0.29) is 27.4 Å². The molecular weight excluding hydrogens is 585 g/mol. The zero-order valence-corrected chi connectivity index (χ0v) is 14.7. The molecule has 1 aromatic rings. The van der Waals surface area contributed by atoms with E-state index in [1.54, 1.807) is 67.8 Å². The highest BCUT2D eigenvalue weighted by molar-refractivity contribution is 14.1. The predicted molar refractivity (Wildman–Crippen MR) is 85.5 cm³/mol. The summed E-state index contributed by atoms with van der Waals surface area (Å²) in [5, 5.41) is 27.2. The predicted octanol–water partition coefficient (Wildman–Crippen LogP) is 2.60. The summed E-state index contributed by atoms with van der Waals surface area (Å²) in [6.45, 7) is 0. The molecule has 6 nitrogen and oxygen atoms in total. The van der Waals surface area contributed by atoms with Crippen molar-refractivity contribution in [2.24, 2.45) is 0 Å². The molecule has 0 aliphatic heterocycles. The van der Waals surface area contributed by atoms with Crippen LogP contribution in [0.1, 0.15) is 31.1 Å². The standard InChI is InChI=1S/C9H3I3O6/c10-4-1(7(13)14)5(11)3(9(17)18)6(12)2(4)8(15)16/h(H,13,14)(H,15,16)(H,17,18). The van der Waals surface area contributed by atoms with E-state index in [0.717, 1.165) is 0 Å². The molecule has 0 spiro atoms. The van der Waals surface area contributed by atoms with E-state index in [2.05, 4.69) is 0 Å². The highest BCUT2D eigenvalue weighted by atomic mass is 127. The number of aromatic carboxylic acids is 3. The summed E-state index contributed by atoms with van der Waals surface area (Å²) in [7, 11) is 0. The van der Waals surface area contributed by atoms with Gasteiger partial charge in [-0.3, -0.25) is 0 Å². The van der Waals surface area contributed by atoms with Crippen molar-refractivity contribution in [2.75, 3.05) is 0 Å². The van der Waals surface area contributed by atoms with E-state index in [0.29, 0.717) is 0 Å². The maximum absolute atomic E-state index is 11.1. The summed E-state index contributed by atoms with van der Waals surface area (Å²) in [5.41, 5.74) is -0.899. The normalized spacial score (nSPS) is 10.2. The Hall–Kier alpha value is -0.180. The van der Waals surface area contributed by atoms with Crippen LogP contribution in [-0.2, 0) is 0 Å². The number of benzene rings is 1. The van der Waals surface area contributed by atoms with Crippen LogP contribution >= 0.6 is 67.8 Å². The molecule has 0 heterocycles. The van der Waals surface area contributed by atoms with Gasteiger partial charge >= 0.3 is 17.9 Å². The summed E-state index contributed by atoms with van der Waals surface area (Å²) in [6.07, 6.45) is 0. The zero-order valence-electron chi connectivity index (χ0n) is 8.20. The molecule has 0 unspecified atom stereocenters. The van der Waals surface area contributed by atoms with Crippen molar-refractivity contribution in [1.82, 2.24) is 0 Å². The minimum atomic E-state index is -1.36. The summed E-state index contributed by atoms with van der Waals surface area (Å²) >= 11 is 4.80. The molecule has 1 aromatic carbocycles. The zero-order chi connectivity index (χ0) is 14.2. The Labute approximate surface area is 141 Å². The number of halogens is 3. The van der Waals surface area contributed by atoms with Crippen molar-refractivity contribution in [2.45, 2.75) is 0 Å². The van der Waals surface area contributed by atoms with E-state index in [9.17, 15) is 14.4 Å². The topological polar surface area (TPSA) is 112 Å². The fraction of sp³-hybridized carbons (Fsp3) is 0. The first-order valence-electron chi connectivity index (χ1n) is 4.10. The third-order valence-corrected chi connectivity index (χ3v) is 5.19. The first kappa shape index (κ1) is 15.9. The molecular formula is C9H3I3O6. The van der Waals surface area contributed by atoms with Gasteiger partial charge in [-0.05, 0) is 67.8 Å². The maximum atomic E-state index is 11.1. The number of carboxylic acids is 3. The van der Waals surface area contributed by atoms with E-state index >= 15 is 0 Å². The molecule has 0 amide bonds. The second kappa shape index (κ2) is 5.85. The van der Waals surface area contributed by atoms with Crippen molar-refractivity contribution in [3.05, 3.63) is 27.4 Å². The molecule has 0 aliphatic rings.